The van der Waals surface area contributed by atoms with Gasteiger partial charge in [-0.25, -0.2) is 17.6 Å². The number of nitrogens with zero attached hydrogens (tertiary/aromatic N) is 2. The van der Waals surface area contributed by atoms with Gasteiger partial charge in [-0.05, 0) is 30.3 Å². The lowest BCUT2D eigenvalue weighted by atomic mass is 10.3. The third kappa shape index (κ3) is 4.27. The summed E-state index contributed by atoms with van der Waals surface area (Å²) in [5, 5.41) is 2.48. The van der Waals surface area contributed by atoms with Gasteiger partial charge in [-0.1, -0.05) is 0 Å². The van der Waals surface area contributed by atoms with E-state index in [2.05, 4.69) is 10.1 Å². The number of ether oxygens (including phenoxy) is 1. The first-order chi connectivity index (χ1) is 12.1. The zero-order chi connectivity index (χ0) is 19.5. The maximum Gasteiger partial charge on any atom is 0.354 e. The fourth-order valence-corrected chi connectivity index (χ4v) is 3.38. The van der Waals surface area contributed by atoms with Crippen molar-refractivity contribution in [2.24, 2.45) is 7.05 Å². The fourth-order valence-electron chi connectivity index (χ4n) is 2.18. The first-order valence-corrected chi connectivity index (χ1v) is 8.85. The molecule has 0 radical (unpaired) electrons. The van der Waals surface area contributed by atoms with Crippen LogP contribution in [0.15, 0.2) is 41.4 Å². The molecular formula is C16H18FN3O5S. The van der Waals surface area contributed by atoms with Crippen molar-refractivity contribution in [2.75, 3.05) is 26.0 Å². The SMILES string of the molecule is COC(=O)c1cc(S(=O)(=O)N(C)CC(=O)Nc2ccc(F)cc2)cn1C. The van der Waals surface area contributed by atoms with Gasteiger partial charge in [0.05, 0.1) is 13.7 Å². The fraction of sp³-hybridized carbons (Fsp3) is 0.250. The molecule has 26 heavy (non-hydrogen) atoms. The molecule has 1 aromatic heterocycles. The van der Waals surface area contributed by atoms with Crippen LogP contribution in [0.25, 0.3) is 0 Å². The number of anilines is 1. The Morgan fingerprint density at radius 3 is 2.46 bits per heavy atom. The highest BCUT2D eigenvalue weighted by molar-refractivity contribution is 7.89. The lowest BCUT2D eigenvalue weighted by Crippen LogP contribution is -2.34. The normalized spacial score (nSPS) is 11.4. The highest BCUT2D eigenvalue weighted by atomic mass is 32.2. The van der Waals surface area contributed by atoms with E-state index in [-0.39, 0.29) is 10.6 Å². The van der Waals surface area contributed by atoms with Crippen molar-refractivity contribution in [1.29, 1.82) is 0 Å². The van der Waals surface area contributed by atoms with Crippen LogP contribution in [0.3, 0.4) is 0 Å². The predicted octanol–water partition coefficient (Wildman–Crippen LogP) is 1.21. The van der Waals surface area contributed by atoms with E-state index >= 15 is 0 Å². The Bertz CT molecular complexity index is 922. The van der Waals surface area contributed by atoms with E-state index in [9.17, 15) is 22.4 Å². The van der Waals surface area contributed by atoms with Crippen molar-refractivity contribution in [1.82, 2.24) is 8.87 Å². The van der Waals surface area contributed by atoms with Gasteiger partial charge in [-0.15, -0.1) is 0 Å². The van der Waals surface area contributed by atoms with E-state index in [4.69, 9.17) is 0 Å². The molecule has 0 spiro atoms. The molecule has 0 saturated carbocycles. The van der Waals surface area contributed by atoms with Crippen LogP contribution in [0.2, 0.25) is 0 Å². The minimum atomic E-state index is -3.99. The van der Waals surface area contributed by atoms with Gasteiger partial charge in [0.1, 0.15) is 16.4 Å². The van der Waals surface area contributed by atoms with Gasteiger partial charge in [-0.3, -0.25) is 4.79 Å². The summed E-state index contributed by atoms with van der Waals surface area (Å²) in [6.45, 7) is -0.456. The van der Waals surface area contributed by atoms with Gasteiger partial charge in [0.15, 0.2) is 0 Å². The van der Waals surface area contributed by atoms with Gasteiger partial charge in [0.2, 0.25) is 15.9 Å². The van der Waals surface area contributed by atoms with Crippen molar-refractivity contribution in [3.63, 3.8) is 0 Å². The van der Waals surface area contributed by atoms with Crippen LogP contribution in [0.1, 0.15) is 10.5 Å². The van der Waals surface area contributed by atoms with Crippen LogP contribution < -0.4 is 5.32 Å². The number of carbonyl (C=O) groups excluding carboxylic acids is 2. The molecular weight excluding hydrogens is 365 g/mol. The Labute approximate surface area is 150 Å². The largest absolute Gasteiger partial charge is 0.464 e. The van der Waals surface area contributed by atoms with Crippen LogP contribution in [0, 0.1) is 5.82 Å². The number of likely N-dealkylation sites (N-methyl/N-ethyl adjacent to an activating group) is 1. The molecule has 1 amide bonds. The highest BCUT2D eigenvalue weighted by Crippen LogP contribution is 2.18. The summed E-state index contributed by atoms with van der Waals surface area (Å²) < 4.78 is 44.8. The number of hydrogen-bond donors (Lipinski definition) is 1. The molecule has 2 aromatic rings. The maximum absolute atomic E-state index is 12.9. The first-order valence-electron chi connectivity index (χ1n) is 7.41. The van der Waals surface area contributed by atoms with Crippen molar-refractivity contribution in [3.8, 4) is 0 Å². The van der Waals surface area contributed by atoms with E-state index in [0.29, 0.717) is 5.69 Å². The summed E-state index contributed by atoms with van der Waals surface area (Å²) in [5.41, 5.74) is 0.408. The van der Waals surface area contributed by atoms with Crippen LogP contribution in [0.5, 0.6) is 0 Å². The zero-order valence-corrected chi connectivity index (χ0v) is 15.2. The minimum Gasteiger partial charge on any atom is -0.464 e. The summed E-state index contributed by atoms with van der Waals surface area (Å²) in [4.78, 5) is 23.5. The van der Waals surface area contributed by atoms with Crippen molar-refractivity contribution in [3.05, 3.63) is 48.0 Å². The summed E-state index contributed by atoms with van der Waals surface area (Å²) >= 11 is 0. The smallest absolute Gasteiger partial charge is 0.354 e. The lowest BCUT2D eigenvalue weighted by molar-refractivity contribution is -0.116. The number of aromatic nitrogens is 1. The number of aryl methyl sites for hydroxylation is 1. The number of amides is 1. The molecule has 0 bridgehead atoms. The quantitative estimate of drug-likeness (QED) is 0.756. The number of methoxy groups -OCH3 is 1. The second kappa shape index (κ2) is 7.67. The average Bonchev–Trinajstić information content (AvgIpc) is 2.98. The Kier molecular flexibility index (Phi) is 5.78. The molecule has 1 aromatic carbocycles. The van der Waals surface area contributed by atoms with E-state index in [1.54, 1.807) is 0 Å². The molecule has 1 N–H and O–H groups in total. The van der Waals surface area contributed by atoms with Crippen molar-refractivity contribution >= 4 is 27.6 Å². The molecule has 140 valence electrons. The lowest BCUT2D eigenvalue weighted by Gasteiger charge is -2.16. The summed E-state index contributed by atoms with van der Waals surface area (Å²) in [7, 11) is -0.0557. The molecule has 0 aliphatic heterocycles. The number of carbonyl (C=O) groups is 2. The number of halogens is 1. The summed E-state index contributed by atoms with van der Waals surface area (Å²) in [5.74, 6) is -1.72. The molecule has 8 nitrogen and oxygen atoms in total. The minimum absolute atomic E-state index is 0.0650. The molecule has 1 heterocycles. The van der Waals surface area contributed by atoms with E-state index < -0.39 is 34.3 Å². The Hall–Kier alpha value is -2.72. The maximum atomic E-state index is 12.9. The van der Waals surface area contributed by atoms with Crippen molar-refractivity contribution < 1.29 is 27.1 Å². The van der Waals surface area contributed by atoms with Crippen LogP contribution in [0.4, 0.5) is 10.1 Å². The monoisotopic (exact) mass is 383 g/mol. The van der Waals surface area contributed by atoms with Crippen molar-refractivity contribution in [2.45, 2.75) is 4.90 Å². The standard InChI is InChI=1S/C16H18FN3O5S/c1-19-9-13(8-14(19)16(22)25-3)26(23,24)20(2)10-15(21)18-12-6-4-11(17)5-7-12/h4-9H,10H2,1-3H3,(H,18,21). The van der Waals surface area contributed by atoms with E-state index in [0.717, 1.165) is 4.31 Å². The number of hydrogen-bond acceptors (Lipinski definition) is 5. The third-order valence-corrected chi connectivity index (χ3v) is 5.35. The predicted molar refractivity (Wildman–Crippen MR) is 91.6 cm³/mol. The average molecular weight is 383 g/mol. The molecule has 0 aliphatic carbocycles. The second-order valence-electron chi connectivity index (χ2n) is 5.48. The van der Waals surface area contributed by atoms with Gasteiger partial charge in [0.25, 0.3) is 0 Å². The number of sulfonamides is 1. The molecule has 0 atom stereocenters. The Morgan fingerprint density at radius 1 is 1.27 bits per heavy atom. The Morgan fingerprint density at radius 2 is 1.88 bits per heavy atom. The van der Waals surface area contributed by atoms with Crippen LogP contribution in [-0.2, 0) is 26.6 Å². The molecule has 10 heteroatoms. The number of benzene rings is 1. The summed E-state index contributed by atoms with van der Waals surface area (Å²) in [6, 6.07) is 6.25. The highest BCUT2D eigenvalue weighted by Gasteiger charge is 2.26. The van der Waals surface area contributed by atoms with Crippen LogP contribution >= 0.6 is 0 Å². The van der Waals surface area contributed by atoms with E-state index in [1.807, 2.05) is 0 Å². The van der Waals surface area contributed by atoms with Gasteiger partial charge < -0.3 is 14.6 Å². The van der Waals surface area contributed by atoms with Crippen LogP contribution in [-0.4, -0.2) is 49.9 Å². The zero-order valence-electron chi connectivity index (χ0n) is 14.4. The summed E-state index contributed by atoms with van der Waals surface area (Å²) in [6.07, 6.45) is 1.26. The molecule has 0 unspecified atom stereocenters. The van der Waals surface area contributed by atoms with Gasteiger partial charge >= 0.3 is 5.97 Å². The molecule has 2 rings (SSSR count). The first kappa shape index (κ1) is 19.6. The third-order valence-electron chi connectivity index (χ3n) is 3.58. The van der Waals surface area contributed by atoms with Gasteiger partial charge in [0, 0.05) is 26.0 Å². The topological polar surface area (TPSA) is 97.7 Å². The number of rotatable bonds is 6. The second-order valence-corrected chi connectivity index (χ2v) is 7.52. The van der Waals surface area contributed by atoms with E-state index in [1.165, 1.54) is 62.3 Å². The number of esters is 1. The van der Waals surface area contributed by atoms with Gasteiger partial charge in [-0.2, -0.15) is 4.31 Å². The molecule has 0 saturated heterocycles. The molecule has 0 fully saturated rings. The molecule has 0 aliphatic rings. The Balaban J connectivity index is 2.12. The number of nitrogens with one attached hydrogen (secondary N) is 1.